The molecule has 1 N–H and O–H groups in total. The van der Waals surface area contributed by atoms with Crippen molar-refractivity contribution >= 4 is 11.8 Å². The van der Waals surface area contributed by atoms with Gasteiger partial charge in [-0.05, 0) is 77.4 Å². The van der Waals surface area contributed by atoms with Gasteiger partial charge >= 0.3 is 6.09 Å². The zero-order valence-corrected chi connectivity index (χ0v) is 17.8. The van der Waals surface area contributed by atoms with E-state index < -0.39 is 11.7 Å². The number of likely N-dealkylation sites (tertiary alicyclic amines) is 1. The zero-order chi connectivity index (χ0) is 20.7. The van der Waals surface area contributed by atoms with Crippen LogP contribution >= 0.6 is 0 Å². The van der Waals surface area contributed by atoms with Crippen LogP contribution in [0.15, 0.2) is 36.7 Å². The molecule has 3 rings (SSSR count). The molecule has 1 fully saturated rings. The van der Waals surface area contributed by atoms with Gasteiger partial charge in [-0.1, -0.05) is 18.6 Å². The molecule has 156 valence electrons. The van der Waals surface area contributed by atoms with E-state index in [1.807, 2.05) is 57.4 Å². The van der Waals surface area contributed by atoms with Gasteiger partial charge in [0.25, 0.3) is 0 Å². The number of hydrogen-bond acceptors (Lipinski definition) is 5. The van der Waals surface area contributed by atoms with Crippen molar-refractivity contribution in [2.45, 2.75) is 58.5 Å². The summed E-state index contributed by atoms with van der Waals surface area (Å²) in [7, 11) is 0. The molecule has 0 unspecified atom stereocenters. The van der Waals surface area contributed by atoms with Gasteiger partial charge in [0.2, 0.25) is 0 Å². The van der Waals surface area contributed by atoms with E-state index in [9.17, 15) is 4.79 Å². The number of rotatable bonds is 6. The minimum Gasteiger partial charge on any atom is -0.444 e. The zero-order valence-electron chi connectivity index (χ0n) is 17.8. The molecule has 0 saturated carbocycles. The molecular weight excluding hydrogens is 364 g/mol. The van der Waals surface area contributed by atoms with Crippen molar-refractivity contribution in [1.82, 2.24) is 14.9 Å². The van der Waals surface area contributed by atoms with Crippen LogP contribution in [0, 0.1) is 0 Å². The quantitative estimate of drug-likeness (QED) is 0.751. The lowest BCUT2D eigenvalue weighted by Crippen LogP contribution is -2.30. The fourth-order valence-electron chi connectivity index (χ4n) is 3.44. The largest absolute Gasteiger partial charge is 0.444 e. The Morgan fingerprint density at radius 1 is 1.03 bits per heavy atom. The molecule has 1 saturated heterocycles. The van der Waals surface area contributed by atoms with E-state index in [0.717, 1.165) is 36.3 Å². The SMILES string of the molecule is CC(C)(C)OC(=O)Nc1ccc(-c2cnc(CCCN3CCCCC3)nc2)cc1. The lowest BCUT2D eigenvalue weighted by Gasteiger charge is -2.26. The Labute approximate surface area is 173 Å². The van der Waals surface area contributed by atoms with Crippen LogP contribution in [0.25, 0.3) is 11.1 Å². The van der Waals surface area contributed by atoms with E-state index in [0.29, 0.717) is 5.69 Å². The highest BCUT2D eigenvalue weighted by molar-refractivity contribution is 5.85. The van der Waals surface area contributed by atoms with Crippen molar-refractivity contribution < 1.29 is 9.53 Å². The maximum atomic E-state index is 11.9. The third kappa shape index (κ3) is 7.13. The van der Waals surface area contributed by atoms with E-state index >= 15 is 0 Å². The van der Waals surface area contributed by atoms with Gasteiger partial charge in [-0.15, -0.1) is 0 Å². The third-order valence-corrected chi connectivity index (χ3v) is 4.89. The smallest absolute Gasteiger partial charge is 0.412 e. The molecule has 2 heterocycles. The van der Waals surface area contributed by atoms with Gasteiger partial charge in [-0.3, -0.25) is 5.32 Å². The summed E-state index contributed by atoms with van der Waals surface area (Å²) in [5.74, 6) is 0.897. The van der Waals surface area contributed by atoms with Gasteiger partial charge in [-0.2, -0.15) is 0 Å². The van der Waals surface area contributed by atoms with Crippen molar-refractivity contribution in [2.24, 2.45) is 0 Å². The minimum atomic E-state index is -0.517. The Kier molecular flexibility index (Phi) is 7.20. The van der Waals surface area contributed by atoms with Gasteiger partial charge in [0.1, 0.15) is 11.4 Å². The van der Waals surface area contributed by atoms with Gasteiger partial charge in [0.05, 0.1) is 0 Å². The van der Waals surface area contributed by atoms with Crippen molar-refractivity contribution in [2.75, 3.05) is 25.0 Å². The molecule has 0 atom stereocenters. The Morgan fingerprint density at radius 3 is 2.31 bits per heavy atom. The molecule has 29 heavy (non-hydrogen) atoms. The van der Waals surface area contributed by atoms with Crippen LogP contribution in [0.4, 0.5) is 10.5 Å². The average Bonchev–Trinajstić information content (AvgIpc) is 2.68. The van der Waals surface area contributed by atoms with Crippen LogP contribution in [-0.4, -0.2) is 46.2 Å². The van der Waals surface area contributed by atoms with Crippen molar-refractivity contribution in [3.05, 3.63) is 42.5 Å². The first kappa shape index (κ1) is 21.2. The normalized spacial score (nSPS) is 15.1. The molecule has 0 radical (unpaired) electrons. The maximum absolute atomic E-state index is 11.9. The predicted molar refractivity (Wildman–Crippen MR) is 116 cm³/mol. The highest BCUT2D eigenvalue weighted by Gasteiger charge is 2.16. The second-order valence-corrected chi connectivity index (χ2v) is 8.60. The summed E-state index contributed by atoms with van der Waals surface area (Å²) in [6, 6.07) is 7.60. The number of nitrogens with zero attached hydrogens (tertiary/aromatic N) is 3. The molecule has 2 aromatic rings. The molecule has 1 aliphatic rings. The molecule has 0 bridgehead atoms. The number of carbonyl (C=O) groups is 1. The fourth-order valence-corrected chi connectivity index (χ4v) is 3.44. The predicted octanol–water partition coefficient (Wildman–Crippen LogP) is 4.91. The van der Waals surface area contributed by atoms with Gasteiger partial charge in [0.15, 0.2) is 0 Å². The van der Waals surface area contributed by atoms with Crippen LogP contribution in [0.2, 0.25) is 0 Å². The van der Waals surface area contributed by atoms with E-state index in [1.54, 1.807) is 0 Å². The summed E-state index contributed by atoms with van der Waals surface area (Å²) in [6.07, 6.45) is 9.34. The van der Waals surface area contributed by atoms with Crippen LogP contribution in [-0.2, 0) is 11.2 Å². The molecule has 6 nitrogen and oxygen atoms in total. The first-order valence-electron chi connectivity index (χ1n) is 10.5. The summed E-state index contributed by atoms with van der Waals surface area (Å²) < 4.78 is 5.27. The number of aryl methyl sites for hydroxylation is 1. The number of ether oxygens (including phenoxy) is 1. The van der Waals surface area contributed by atoms with E-state index in [-0.39, 0.29) is 0 Å². The lowest BCUT2D eigenvalue weighted by molar-refractivity contribution is 0.0636. The summed E-state index contributed by atoms with van der Waals surface area (Å²) in [5, 5.41) is 2.74. The number of hydrogen-bond donors (Lipinski definition) is 1. The molecular formula is C23H32N4O2. The Hall–Kier alpha value is -2.47. The molecule has 1 aromatic heterocycles. The van der Waals surface area contributed by atoms with Gasteiger partial charge in [0, 0.05) is 30.1 Å². The van der Waals surface area contributed by atoms with Gasteiger partial charge < -0.3 is 9.64 Å². The molecule has 1 aliphatic heterocycles. The summed E-state index contributed by atoms with van der Waals surface area (Å²) >= 11 is 0. The van der Waals surface area contributed by atoms with Crippen LogP contribution in [0.5, 0.6) is 0 Å². The van der Waals surface area contributed by atoms with Crippen molar-refractivity contribution in [3.63, 3.8) is 0 Å². The Balaban J connectivity index is 1.49. The Bertz CT molecular complexity index is 776. The molecule has 0 spiro atoms. The fraction of sp³-hybridized carbons (Fsp3) is 0.522. The minimum absolute atomic E-state index is 0.456. The molecule has 1 aromatic carbocycles. The number of carbonyl (C=O) groups excluding carboxylic acids is 1. The second-order valence-electron chi connectivity index (χ2n) is 8.60. The molecule has 6 heteroatoms. The monoisotopic (exact) mass is 396 g/mol. The van der Waals surface area contributed by atoms with Crippen molar-refractivity contribution in [1.29, 1.82) is 0 Å². The topological polar surface area (TPSA) is 67.3 Å². The highest BCUT2D eigenvalue weighted by Crippen LogP contribution is 2.21. The van der Waals surface area contributed by atoms with Crippen molar-refractivity contribution in [3.8, 4) is 11.1 Å². The van der Waals surface area contributed by atoms with E-state index in [2.05, 4.69) is 20.2 Å². The maximum Gasteiger partial charge on any atom is 0.412 e. The number of anilines is 1. The van der Waals surface area contributed by atoms with E-state index in [4.69, 9.17) is 4.74 Å². The highest BCUT2D eigenvalue weighted by atomic mass is 16.6. The van der Waals surface area contributed by atoms with Gasteiger partial charge in [-0.25, -0.2) is 14.8 Å². The molecule has 1 amide bonds. The van der Waals surface area contributed by atoms with E-state index in [1.165, 1.54) is 32.4 Å². The summed E-state index contributed by atoms with van der Waals surface area (Å²) in [6.45, 7) is 9.13. The number of nitrogens with one attached hydrogen (secondary N) is 1. The summed E-state index contributed by atoms with van der Waals surface area (Å²) in [5.41, 5.74) is 2.16. The number of aromatic nitrogens is 2. The number of benzene rings is 1. The first-order valence-corrected chi connectivity index (χ1v) is 10.5. The lowest BCUT2D eigenvalue weighted by atomic mass is 10.1. The summed E-state index contributed by atoms with van der Waals surface area (Å²) in [4.78, 5) is 23.5. The average molecular weight is 397 g/mol. The third-order valence-electron chi connectivity index (χ3n) is 4.89. The Morgan fingerprint density at radius 2 is 1.69 bits per heavy atom. The van der Waals surface area contributed by atoms with Crippen LogP contribution < -0.4 is 5.32 Å². The van der Waals surface area contributed by atoms with Crippen LogP contribution in [0.3, 0.4) is 0 Å². The first-order chi connectivity index (χ1) is 13.9. The van der Waals surface area contributed by atoms with Crippen LogP contribution in [0.1, 0.15) is 52.3 Å². The number of amides is 1. The number of piperidine rings is 1. The molecule has 0 aliphatic carbocycles. The standard InChI is InChI=1S/C23H32N4O2/c1-23(2,3)29-22(28)26-20-11-9-18(10-12-20)19-16-24-21(25-17-19)8-7-15-27-13-5-4-6-14-27/h9-12,16-17H,4-8,13-15H2,1-3H3,(H,26,28). The second kappa shape index (κ2) is 9.83.